The van der Waals surface area contributed by atoms with E-state index in [2.05, 4.69) is 48.5 Å². The molecule has 2 N–H and O–H groups in total. The quantitative estimate of drug-likeness (QED) is 0.822. The molecule has 1 heterocycles. The fourth-order valence-corrected chi connectivity index (χ4v) is 2.22. The second kappa shape index (κ2) is 5.55. The maximum atomic E-state index is 5.67. The summed E-state index contributed by atoms with van der Waals surface area (Å²) in [4.78, 5) is 3.29. The molecular weight excluding hydrogens is 224 g/mol. The molecule has 3 heteroatoms. The molecule has 0 unspecified atom stereocenters. The van der Waals surface area contributed by atoms with Crippen LogP contribution in [0, 0.1) is 0 Å². The molecule has 0 saturated carbocycles. The zero-order valence-corrected chi connectivity index (χ0v) is 11.4. The van der Waals surface area contributed by atoms with Gasteiger partial charge in [0, 0.05) is 36.8 Å². The van der Waals surface area contributed by atoms with E-state index in [1.807, 2.05) is 13.0 Å². The summed E-state index contributed by atoms with van der Waals surface area (Å²) in [6, 6.07) is 8.37. The van der Waals surface area contributed by atoms with Gasteiger partial charge < -0.3 is 15.0 Å². The van der Waals surface area contributed by atoms with Gasteiger partial charge in [-0.15, -0.1) is 0 Å². The number of fused-ring (bicyclic) bond motifs is 1. The van der Waals surface area contributed by atoms with Gasteiger partial charge in [-0.3, -0.25) is 0 Å². The van der Waals surface area contributed by atoms with Crippen molar-refractivity contribution in [2.24, 2.45) is 0 Å². The van der Waals surface area contributed by atoms with Gasteiger partial charge in [0.05, 0.1) is 5.60 Å². The summed E-state index contributed by atoms with van der Waals surface area (Å²) in [6.07, 6.45) is 2.07. The first-order chi connectivity index (χ1) is 8.62. The van der Waals surface area contributed by atoms with E-state index >= 15 is 0 Å². The number of rotatable bonds is 6. The average molecular weight is 246 g/mol. The Hall–Kier alpha value is -1.32. The number of ether oxygens (including phenoxy) is 1. The Morgan fingerprint density at radius 1 is 1.28 bits per heavy atom. The molecule has 0 atom stereocenters. The van der Waals surface area contributed by atoms with E-state index in [-0.39, 0.29) is 5.60 Å². The number of H-pyrrole nitrogens is 1. The van der Waals surface area contributed by atoms with Gasteiger partial charge in [0.25, 0.3) is 0 Å². The van der Waals surface area contributed by atoms with Crippen LogP contribution in [-0.2, 0) is 11.3 Å². The van der Waals surface area contributed by atoms with Crippen molar-refractivity contribution in [3.63, 3.8) is 0 Å². The van der Waals surface area contributed by atoms with Crippen LogP contribution in [0.1, 0.15) is 26.3 Å². The lowest BCUT2D eigenvalue weighted by molar-refractivity contribution is -0.00896. The number of benzene rings is 1. The van der Waals surface area contributed by atoms with Gasteiger partial charge in [0.2, 0.25) is 0 Å². The Kier molecular flexibility index (Phi) is 4.04. The highest BCUT2D eigenvalue weighted by Gasteiger charge is 2.16. The van der Waals surface area contributed by atoms with Crippen LogP contribution < -0.4 is 5.32 Å². The average Bonchev–Trinajstić information content (AvgIpc) is 2.73. The zero-order chi connectivity index (χ0) is 13.0. The zero-order valence-electron chi connectivity index (χ0n) is 11.4. The fourth-order valence-electron chi connectivity index (χ4n) is 2.22. The smallest absolute Gasteiger partial charge is 0.0750 e. The number of aromatic amines is 1. The minimum absolute atomic E-state index is 0.110. The second-order valence-electron chi connectivity index (χ2n) is 5.16. The maximum absolute atomic E-state index is 5.67. The lowest BCUT2D eigenvalue weighted by atomic mass is 10.1. The minimum Gasteiger partial charge on any atom is -0.375 e. The molecule has 2 rings (SSSR count). The van der Waals surface area contributed by atoms with Crippen LogP contribution in [0.3, 0.4) is 0 Å². The van der Waals surface area contributed by atoms with Crippen LogP contribution in [0.5, 0.6) is 0 Å². The lowest BCUT2D eigenvalue weighted by Gasteiger charge is -2.24. The Morgan fingerprint density at radius 3 is 2.83 bits per heavy atom. The highest BCUT2D eigenvalue weighted by Crippen LogP contribution is 2.17. The monoisotopic (exact) mass is 246 g/mol. The van der Waals surface area contributed by atoms with Crippen LogP contribution in [0.15, 0.2) is 30.5 Å². The molecule has 98 valence electrons. The van der Waals surface area contributed by atoms with E-state index in [1.165, 1.54) is 16.5 Å². The molecule has 1 aromatic heterocycles. The molecule has 0 fully saturated rings. The van der Waals surface area contributed by atoms with Gasteiger partial charge in [-0.1, -0.05) is 18.2 Å². The molecule has 3 nitrogen and oxygen atoms in total. The summed E-state index contributed by atoms with van der Waals surface area (Å²) >= 11 is 0. The first-order valence-electron chi connectivity index (χ1n) is 6.52. The first-order valence-corrected chi connectivity index (χ1v) is 6.52. The predicted octanol–water partition coefficient (Wildman–Crippen LogP) is 3.07. The molecule has 2 aromatic rings. The van der Waals surface area contributed by atoms with Crippen LogP contribution in [-0.4, -0.2) is 23.7 Å². The summed E-state index contributed by atoms with van der Waals surface area (Å²) < 4.78 is 5.67. The third kappa shape index (κ3) is 3.12. The van der Waals surface area contributed by atoms with Crippen LogP contribution in [0.2, 0.25) is 0 Å². The van der Waals surface area contributed by atoms with Gasteiger partial charge in [-0.2, -0.15) is 0 Å². The van der Waals surface area contributed by atoms with E-state index in [4.69, 9.17) is 4.74 Å². The highest BCUT2D eigenvalue weighted by atomic mass is 16.5. The SMILES string of the molecule is CCOC(C)(C)CNCc1c[nH]c2ccccc12. The molecule has 0 radical (unpaired) electrons. The molecule has 0 amide bonds. The van der Waals surface area contributed by atoms with Crippen molar-refractivity contribution in [2.45, 2.75) is 32.9 Å². The Bertz CT molecular complexity index is 502. The number of nitrogens with one attached hydrogen (secondary N) is 2. The normalized spacial score (nSPS) is 12.2. The van der Waals surface area contributed by atoms with Crippen molar-refractivity contribution in [1.29, 1.82) is 0 Å². The molecule has 0 saturated heterocycles. The number of hydrogen-bond acceptors (Lipinski definition) is 2. The summed E-state index contributed by atoms with van der Waals surface area (Å²) in [6.45, 7) is 8.71. The Morgan fingerprint density at radius 2 is 2.06 bits per heavy atom. The van der Waals surface area contributed by atoms with Gasteiger partial charge in [-0.05, 0) is 32.4 Å². The molecule has 0 aliphatic rings. The summed E-state index contributed by atoms with van der Waals surface area (Å²) in [5.41, 5.74) is 2.39. The maximum Gasteiger partial charge on any atom is 0.0750 e. The van der Waals surface area contributed by atoms with Crippen molar-refractivity contribution in [3.05, 3.63) is 36.0 Å². The molecule has 1 aromatic carbocycles. The molecule has 0 spiro atoms. The molecular formula is C15H22N2O. The highest BCUT2D eigenvalue weighted by molar-refractivity contribution is 5.82. The van der Waals surface area contributed by atoms with Gasteiger partial charge >= 0.3 is 0 Å². The topological polar surface area (TPSA) is 37.0 Å². The molecule has 18 heavy (non-hydrogen) atoms. The minimum atomic E-state index is -0.110. The Labute approximate surface area is 109 Å². The van der Waals surface area contributed by atoms with E-state index in [9.17, 15) is 0 Å². The van der Waals surface area contributed by atoms with Crippen molar-refractivity contribution < 1.29 is 4.74 Å². The van der Waals surface area contributed by atoms with Gasteiger partial charge in [0.15, 0.2) is 0 Å². The van der Waals surface area contributed by atoms with Crippen LogP contribution in [0.25, 0.3) is 10.9 Å². The molecule has 0 bridgehead atoms. The second-order valence-corrected chi connectivity index (χ2v) is 5.16. The van der Waals surface area contributed by atoms with Crippen molar-refractivity contribution in [2.75, 3.05) is 13.2 Å². The number of para-hydroxylation sites is 1. The first kappa shape index (κ1) is 13.1. The van der Waals surface area contributed by atoms with Crippen LogP contribution in [0.4, 0.5) is 0 Å². The third-order valence-electron chi connectivity index (χ3n) is 3.08. The summed E-state index contributed by atoms with van der Waals surface area (Å²) in [5.74, 6) is 0. The van der Waals surface area contributed by atoms with Crippen molar-refractivity contribution in [1.82, 2.24) is 10.3 Å². The largest absolute Gasteiger partial charge is 0.375 e. The number of hydrogen-bond donors (Lipinski definition) is 2. The fraction of sp³-hybridized carbons (Fsp3) is 0.467. The van der Waals surface area contributed by atoms with Crippen LogP contribution >= 0.6 is 0 Å². The van der Waals surface area contributed by atoms with E-state index in [1.54, 1.807) is 0 Å². The number of aromatic nitrogens is 1. The van der Waals surface area contributed by atoms with Crippen molar-refractivity contribution in [3.8, 4) is 0 Å². The van der Waals surface area contributed by atoms with E-state index < -0.39 is 0 Å². The summed E-state index contributed by atoms with van der Waals surface area (Å²) in [7, 11) is 0. The summed E-state index contributed by atoms with van der Waals surface area (Å²) in [5, 5.41) is 4.75. The predicted molar refractivity (Wildman–Crippen MR) is 75.7 cm³/mol. The third-order valence-corrected chi connectivity index (χ3v) is 3.08. The van der Waals surface area contributed by atoms with Gasteiger partial charge in [0.1, 0.15) is 0 Å². The van der Waals surface area contributed by atoms with Gasteiger partial charge in [-0.25, -0.2) is 0 Å². The van der Waals surface area contributed by atoms with E-state index in [0.29, 0.717) is 0 Å². The molecule has 0 aliphatic carbocycles. The van der Waals surface area contributed by atoms with E-state index in [0.717, 1.165) is 19.7 Å². The van der Waals surface area contributed by atoms with Crippen molar-refractivity contribution >= 4 is 10.9 Å². The lowest BCUT2D eigenvalue weighted by Crippen LogP contribution is -2.37. The molecule has 0 aliphatic heterocycles. The Balaban J connectivity index is 1.94. The standard InChI is InChI=1S/C15H22N2O/c1-4-18-15(2,3)11-16-9-12-10-17-14-8-6-5-7-13(12)14/h5-8,10,16-17H,4,9,11H2,1-3H3.